The highest BCUT2D eigenvalue weighted by molar-refractivity contribution is 5.40. The van der Waals surface area contributed by atoms with Crippen molar-refractivity contribution in [1.29, 1.82) is 0 Å². The van der Waals surface area contributed by atoms with Crippen LogP contribution in [0.15, 0.2) is 18.2 Å². The van der Waals surface area contributed by atoms with Crippen molar-refractivity contribution in [3.8, 4) is 5.75 Å². The van der Waals surface area contributed by atoms with Crippen LogP contribution in [-0.2, 0) is 6.42 Å². The van der Waals surface area contributed by atoms with Crippen molar-refractivity contribution in [2.45, 2.75) is 95.6 Å². The van der Waals surface area contributed by atoms with E-state index in [9.17, 15) is 0 Å². The Morgan fingerprint density at radius 3 is 2.59 bits per heavy atom. The summed E-state index contributed by atoms with van der Waals surface area (Å²) in [5, 5.41) is 0. The van der Waals surface area contributed by atoms with Gasteiger partial charge in [-0.15, -0.1) is 0 Å². The lowest BCUT2D eigenvalue weighted by Crippen LogP contribution is -2.48. The second-order valence-corrected chi connectivity index (χ2v) is 12.0. The monoisotopic (exact) mass is 438 g/mol. The first-order chi connectivity index (χ1) is 15.5. The first-order valence-corrected chi connectivity index (χ1v) is 13.6. The Hall–Kier alpha value is -1.06. The number of benzene rings is 1. The smallest absolute Gasteiger partial charge is 0.119 e. The fraction of sp³-hybridized carbons (Fsp3) is 0.793. The van der Waals surface area contributed by atoms with E-state index in [4.69, 9.17) is 4.74 Å². The Morgan fingerprint density at radius 1 is 1.00 bits per heavy atom. The van der Waals surface area contributed by atoms with E-state index in [1.807, 2.05) is 0 Å². The Kier molecular flexibility index (Phi) is 6.60. The molecule has 0 spiro atoms. The molecule has 0 heterocycles. The fourth-order valence-corrected chi connectivity index (χ4v) is 8.50. The van der Waals surface area contributed by atoms with Crippen molar-refractivity contribution in [3.05, 3.63) is 29.3 Å². The van der Waals surface area contributed by atoms with Crippen LogP contribution >= 0.6 is 0 Å². The van der Waals surface area contributed by atoms with Crippen molar-refractivity contribution in [2.24, 2.45) is 17.3 Å². The summed E-state index contributed by atoms with van der Waals surface area (Å²) in [7, 11) is 6.90. The molecule has 3 nitrogen and oxygen atoms in total. The average molecular weight is 439 g/mol. The average Bonchev–Trinajstić information content (AvgIpc) is 3.44. The highest BCUT2D eigenvalue weighted by Crippen LogP contribution is 2.61. The van der Waals surface area contributed by atoms with Gasteiger partial charge in [0.25, 0.3) is 0 Å². The minimum absolute atomic E-state index is 0.525. The molecule has 178 valence electrons. The van der Waals surface area contributed by atoms with Crippen LogP contribution in [0.1, 0.15) is 88.2 Å². The van der Waals surface area contributed by atoms with E-state index in [1.165, 1.54) is 64.2 Å². The Bertz CT molecular complexity index is 785. The molecule has 5 unspecified atom stereocenters. The Morgan fingerprint density at radius 2 is 1.81 bits per heavy atom. The van der Waals surface area contributed by atoms with Gasteiger partial charge in [0.05, 0.1) is 6.61 Å². The summed E-state index contributed by atoms with van der Waals surface area (Å²) in [6.45, 7) is 4.61. The predicted octanol–water partition coefficient (Wildman–Crippen LogP) is 6.12. The van der Waals surface area contributed by atoms with Gasteiger partial charge >= 0.3 is 0 Å². The lowest BCUT2D eigenvalue weighted by Gasteiger charge is -2.52. The molecular weight excluding hydrogens is 392 g/mol. The second-order valence-electron chi connectivity index (χ2n) is 12.0. The van der Waals surface area contributed by atoms with Gasteiger partial charge in [-0.25, -0.2) is 0 Å². The Balaban J connectivity index is 1.18. The van der Waals surface area contributed by atoms with Gasteiger partial charge in [-0.05, 0) is 125 Å². The lowest BCUT2D eigenvalue weighted by molar-refractivity contribution is 0.0145. The molecule has 0 aliphatic heterocycles. The van der Waals surface area contributed by atoms with Crippen LogP contribution in [0.5, 0.6) is 5.75 Å². The number of aryl methyl sites for hydroxylation is 1. The van der Waals surface area contributed by atoms with Crippen LogP contribution in [0, 0.1) is 17.3 Å². The molecule has 1 aromatic rings. The molecule has 3 fully saturated rings. The van der Waals surface area contributed by atoms with Crippen LogP contribution in [0.4, 0.5) is 0 Å². The zero-order valence-electron chi connectivity index (χ0n) is 21.1. The summed E-state index contributed by atoms with van der Waals surface area (Å²) in [5.41, 5.74) is 3.76. The molecule has 3 saturated carbocycles. The minimum atomic E-state index is 0.525. The summed E-state index contributed by atoms with van der Waals surface area (Å²) in [5.74, 6) is 3.69. The van der Waals surface area contributed by atoms with Crippen molar-refractivity contribution < 1.29 is 4.74 Å². The third-order valence-electron chi connectivity index (χ3n) is 10.1. The summed E-state index contributed by atoms with van der Waals surface area (Å²) in [6.07, 6.45) is 15.0. The number of ether oxygens (including phenoxy) is 1. The van der Waals surface area contributed by atoms with Gasteiger partial charge in [0.15, 0.2) is 0 Å². The molecule has 3 heteroatoms. The van der Waals surface area contributed by atoms with Crippen LogP contribution in [-0.4, -0.2) is 56.2 Å². The topological polar surface area (TPSA) is 15.7 Å². The van der Waals surface area contributed by atoms with Gasteiger partial charge in [0, 0.05) is 18.6 Å². The third-order valence-corrected chi connectivity index (χ3v) is 10.1. The van der Waals surface area contributed by atoms with E-state index in [0.29, 0.717) is 5.41 Å². The van der Waals surface area contributed by atoms with E-state index in [1.54, 1.807) is 11.1 Å². The Labute approximate surface area is 196 Å². The molecule has 0 bridgehead atoms. The van der Waals surface area contributed by atoms with Crippen LogP contribution in [0.3, 0.4) is 0 Å². The number of fused-ring (bicyclic) bond motifs is 5. The molecule has 4 aliphatic rings. The molecule has 0 N–H and O–H groups in total. The zero-order chi connectivity index (χ0) is 22.3. The minimum Gasteiger partial charge on any atom is -0.494 e. The van der Waals surface area contributed by atoms with Gasteiger partial charge in [0.1, 0.15) is 5.75 Å². The summed E-state index contributed by atoms with van der Waals surface area (Å²) in [6, 6.07) is 8.69. The van der Waals surface area contributed by atoms with E-state index in [0.717, 1.165) is 55.2 Å². The normalized spacial score (nSPS) is 34.6. The summed E-state index contributed by atoms with van der Waals surface area (Å²) < 4.78 is 6.21. The molecule has 0 aromatic heterocycles. The number of hydrogen-bond donors (Lipinski definition) is 0. The molecule has 32 heavy (non-hydrogen) atoms. The van der Waals surface area contributed by atoms with E-state index < -0.39 is 0 Å². The molecule has 0 saturated heterocycles. The van der Waals surface area contributed by atoms with Crippen molar-refractivity contribution in [1.82, 2.24) is 9.80 Å². The molecular formula is C29H46N2O. The first kappa shape index (κ1) is 22.7. The predicted molar refractivity (Wildman–Crippen MR) is 134 cm³/mol. The van der Waals surface area contributed by atoms with Gasteiger partial charge in [0.2, 0.25) is 0 Å². The first-order valence-electron chi connectivity index (χ1n) is 13.6. The largest absolute Gasteiger partial charge is 0.494 e. The van der Waals surface area contributed by atoms with Gasteiger partial charge in [-0.3, -0.25) is 0 Å². The molecule has 0 amide bonds. The maximum absolute atomic E-state index is 6.21. The van der Waals surface area contributed by atoms with E-state index >= 15 is 0 Å². The molecule has 0 radical (unpaired) electrons. The molecule has 4 aliphatic carbocycles. The molecule has 5 atom stereocenters. The van der Waals surface area contributed by atoms with E-state index in [2.05, 4.69) is 56.1 Å². The number of hydrogen-bond acceptors (Lipinski definition) is 3. The van der Waals surface area contributed by atoms with Gasteiger partial charge < -0.3 is 14.5 Å². The van der Waals surface area contributed by atoms with Crippen molar-refractivity contribution in [2.75, 3.05) is 34.3 Å². The standard InChI is InChI=1S/C29H46N2O/c1-29-17-16-25-24-13-11-23(32-19-7-18-31(4)22-8-5-6-9-22)20-21(24)10-12-26(25)27(29)14-15-28(29)30(2)3/h11,13,20,22,25-28H,5-10,12,14-19H2,1-4H3. The third kappa shape index (κ3) is 4.13. The SMILES string of the molecule is CN(C)C1CCC2C3CCc4cc(OCCCN(C)C5CCCC5)ccc4C3CCC21C. The fourth-order valence-electron chi connectivity index (χ4n) is 8.50. The van der Waals surface area contributed by atoms with Crippen LogP contribution in [0.2, 0.25) is 0 Å². The highest BCUT2D eigenvalue weighted by Gasteiger charge is 2.55. The van der Waals surface area contributed by atoms with Crippen LogP contribution in [0.25, 0.3) is 0 Å². The van der Waals surface area contributed by atoms with Crippen LogP contribution < -0.4 is 4.74 Å². The lowest BCUT2D eigenvalue weighted by atomic mass is 9.55. The van der Waals surface area contributed by atoms with Crippen molar-refractivity contribution in [3.63, 3.8) is 0 Å². The molecule has 1 aromatic carbocycles. The maximum Gasteiger partial charge on any atom is 0.119 e. The molecule has 5 rings (SSSR count). The van der Waals surface area contributed by atoms with E-state index in [-0.39, 0.29) is 0 Å². The summed E-state index contributed by atoms with van der Waals surface area (Å²) >= 11 is 0. The summed E-state index contributed by atoms with van der Waals surface area (Å²) in [4.78, 5) is 5.08. The zero-order valence-corrected chi connectivity index (χ0v) is 21.1. The quantitative estimate of drug-likeness (QED) is 0.477. The maximum atomic E-state index is 6.21. The van der Waals surface area contributed by atoms with Crippen molar-refractivity contribution >= 4 is 0 Å². The second kappa shape index (κ2) is 9.29. The number of nitrogens with zero attached hydrogens (tertiary/aromatic N) is 2. The van der Waals surface area contributed by atoms with Gasteiger partial charge in [-0.1, -0.05) is 25.8 Å². The van der Waals surface area contributed by atoms with Gasteiger partial charge in [-0.2, -0.15) is 0 Å². The highest BCUT2D eigenvalue weighted by atomic mass is 16.5. The number of rotatable bonds is 7.